The number of alkyl halides is 3. The molecule has 0 aromatic carbocycles. The van der Waals surface area contributed by atoms with Crippen LogP contribution in [0.25, 0.3) is 0 Å². The summed E-state index contributed by atoms with van der Waals surface area (Å²) in [5, 5.41) is 0. The summed E-state index contributed by atoms with van der Waals surface area (Å²) in [6, 6.07) is 0. The minimum atomic E-state index is -5.05. The van der Waals surface area contributed by atoms with Crippen molar-refractivity contribution in [2.45, 2.75) is 20.0 Å². The Morgan fingerprint density at radius 2 is 1.94 bits per heavy atom. The lowest BCUT2D eigenvalue weighted by atomic mass is 9.90. The Kier molecular flexibility index (Phi) is 5.20. The highest BCUT2D eigenvalue weighted by Gasteiger charge is 2.48. The second-order valence-corrected chi connectivity index (χ2v) is 3.19. The third-order valence-electron chi connectivity index (χ3n) is 2.00. The average molecular weight is 238 g/mol. The zero-order chi connectivity index (χ0) is 12.9. The molecule has 2 atom stereocenters. The van der Waals surface area contributed by atoms with E-state index in [0.717, 1.165) is 6.08 Å². The maximum absolute atomic E-state index is 12.2. The van der Waals surface area contributed by atoms with Gasteiger partial charge in [-0.15, -0.1) is 6.58 Å². The van der Waals surface area contributed by atoms with Gasteiger partial charge in [-0.3, -0.25) is 9.59 Å². The van der Waals surface area contributed by atoms with E-state index < -0.39 is 29.8 Å². The average Bonchev–Trinajstić information content (AvgIpc) is 2.16. The highest BCUT2D eigenvalue weighted by atomic mass is 19.4. The SMILES string of the molecule is C=CC(C)C(C(=O)OCC)C(=O)C(F)(F)F. The number of Topliss-reactive ketones (excluding diaryl/α,β-unsaturated/α-hetero) is 1. The first-order valence-corrected chi connectivity index (χ1v) is 4.65. The lowest BCUT2D eigenvalue weighted by Gasteiger charge is -2.19. The number of ketones is 1. The molecule has 6 heteroatoms. The summed E-state index contributed by atoms with van der Waals surface area (Å²) < 4.78 is 41.1. The fraction of sp³-hybridized carbons (Fsp3) is 0.600. The van der Waals surface area contributed by atoms with Crippen molar-refractivity contribution in [3.8, 4) is 0 Å². The van der Waals surface area contributed by atoms with Gasteiger partial charge in [-0.05, 0) is 12.8 Å². The lowest BCUT2D eigenvalue weighted by molar-refractivity contribution is -0.182. The summed E-state index contributed by atoms with van der Waals surface area (Å²) in [6.07, 6.45) is -3.93. The van der Waals surface area contributed by atoms with Crippen molar-refractivity contribution in [1.82, 2.24) is 0 Å². The van der Waals surface area contributed by atoms with Gasteiger partial charge in [0, 0.05) is 0 Å². The number of carbonyl (C=O) groups is 2. The Balaban J connectivity index is 5.02. The van der Waals surface area contributed by atoms with Gasteiger partial charge in [0.05, 0.1) is 6.61 Å². The molecule has 0 N–H and O–H groups in total. The van der Waals surface area contributed by atoms with Gasteiger partial charge in [-0.1, -0.05) is 13.0 Å². The summed E-state index contributed by atoms with van der Waals surface area (Å²) >= 11 is 0. The third-order valence-corrected chi connectivity index (χ3v) is 2.00. The van der Waals surface area contributed by atoms with E-state index in [1.807, 2.05) is 0 Å². The first-order chi connectivity index (χ1) is 7.25. The molecular formula is C10H13F3O3. The Morgan fingerprint density at radius 3 is 2.25 bits per heavy atom. The van der Waals surface area contributed by atoms with Crippen LogP contribution in [-0.2, 0) is 14.3 Å². The van der Waals surface area contributed by atoms with Crippen molar-refractivity contribution in [3.63, 3.8) is 0 Å². The fourth-order valence-electron chi connectivity index (χ4n) is 1.10. The molecule has 92 valence electrons. The van der Waals surface area contributed by atoms with Crippen LogP contribution in [0.5, 0.6) is 0 Å². The summed E-state index contributed by atoms with van der Waals surface area (Å²) in [5.74, 6) is -6.05. The Morgan fingerprint density at radius 1 is 1.44 bits per heavy atom. The summed E-state index contributed by atoms with van der Waals surface area (Å²) in [7, 11) is 0. The number of hydrogen-bond acceptors (Lipinski definition) is 3. The van der Waals surface area contributed by atoms with Crippen LogP contribution in [0.15, 0.2) is 12.7 Å². The van der Waals surface area contributed by atoms with E-state index in [0.29, 0.717) is 0 Å². The minimum absolute atomic E-state index is 0.0790. The van der Waals surface area contributed by atoms with Crippen LogP contribution < -0.4 is 0 Å². The maximum atomic E-state index is 12.2. The molecule has 0 spiro atoms. The van der Waals surface area contributed by atoms with Gasteiger partial charge in [-0.25, -0.2) is 0 Å². The number of rotatable bonds is 5. The van der Waals surface area contributed by atoms with Gasteiger partial charge < -0.3 is 4.74 Å². The highest BCUT2D eigenvalue weighted by Crippen LogP contribution is 2.27. The van der Waals surface area contributed by atoms with Gasteiger partial charge >= 0.3 is 12.1 Å². The molecule has 0 heterocycles. The molecule has 0 aliphatic rings. The molecule has 0 aromatic heterocycles. The van der Waals surface area contributed by atoms with Gasteiger partial charge in [0.25, 0.3) is 5.78 Å². The zero-order valence-corrected chi connectivity index (χ0v) is 9.00. The Bertz CT molecular complexity index is 284. The van der Waals surface area contributed by atoms with Crippen molar-refractivity contribution in [3.05, 3.63) is 12.7 Å². The normalized spacial score (nSPS) is 15.1. The van der Waals surface area contributed by atoms with E-state index in [2.05, 4.69) is 11.3 Å². The van der Waals surface area contributed by atoms with Crippen LogP contribution >= 0.6 is 0 Å². The first kappa shape index (κ1) is 14.7. The van der Waals surface area contributed by atoms with Crippen molar-refractivity contribution < 1.29 is 27.5 Å². The highest BCUT2D eigenvalue weighted by molar-refractivity contribution is 6.02. The molecule has 0 saturated heterocycles. The predicted octanol–water partition coefficient (Wildman–Crippen LogP) is 2.12. The summed E-state index contributed by atoms with van der Waals surface area (Å²) in [6.45, 7) is 5.94. The molecule has 0 bridgehead atoms. The molecule has 0 fully saturated rings. The van der Waals surface area contributed by atoms with E-state index >= 15 is 0 Å². The molecule has 2 unspecified atom stereocenters. The molecule has 0 radical (unpaired) electrons. The lowest BCUT2D eigenvalue weighted by Crippen LogP contribution is -2.39. The Labute approximate surface area is 91.3 Å². The number of ether oxygens (including phenoxy) is 1. The van der Waals surface area contributed by atoms with Gasteiger partial charge in [0.15, 0.2) is 0 Å². The molecule has 0 saturated carbocycles. The monoisotopic (exact) mass is 238 g/mol. The smallest absolute Gasteiger partial charge is 0.450 e. The van der Waals surface area contributed by atoms with Crippen LogP contribution in [0.1, 0.15) is 13.8 Å². The van der Waals surface area contributed by atoms with Crippen molar-refractivity contribution in [2.24, 2.45) is 11.8 Å². The van der Waals surface area contributed by atoms with Gasteiger partial charge in [-0.2, -0.15) is 13.2 Å². The molecule has 3 nitrogen and oxygen atoms in total. The van der Waals surface area contributed by atoms with E-state index in [1.54, 1.807) is 0 Å². The van der Waals surface area contributed by atoms with E-state index in [-0.39, 0.29) is 6.61 Å². The molecule has 0 aliphatic heterocycles. The number of carbonyl (C=O) groups excluding carboxylic acids is 2. The molecule has 0 aromatic rings. The van der Waals surface area contributed by atoms with E-state index in [9.17, 15) is 22.8 Å². The minimum Gasteiger partial charge on any atom is -0.465 e. The molecule has 0 rings (SSSR count). The zero-order valence-electron chi connectivity index (χ0n) is 9.00. The number of esters is 1. The van der Waals surface area contributed by atoms with E-state index in [4.69, 9.17) is 0 Å². The summed E-state index contributed by atoms with van der Waals surface area (Å²) in [5.41, 5.74) is 0. The Hall–Kier alpha value is -1.33. The predicted molar refractivity (Wildman–Crippen MR) is 50.5 cm³/mol. The number of hydrogen-bond donors (Lipinski definition) is 0. The van der Waals surface area contributed by atoms with Crippen LogP contribution in [-0.4, -0.2) is 24.5 Å². The van der Waals surface area contributed by atoms with Crippen LogP contribution in [0, 0.1) is 11.8 Å². The van der Waals surface area contributed by atoms with Gasteiger partial charge in [0.2, 0.25) is 0 Å². The molecule has 0 aliphatic carbocycles. The van der Waals surface area contributed by atoms with E-state index in [1.165, 1.54) is 13.8 Å². The third kappa shape index (κ3) is 3.67. The number of allylic oxidation sites excluding steroid dienone is 1. The quantitative estimate of drug-likeness (QED) is 0.418. The van der Waals surface area contributed by atoms with Crippen molar-refractivity contribution in [1.29, 1.82) is 0 Å². The maximum Gasteiger partial charge on any atom is 0.450 e. The molecule has 0 amide bonds. The second kappa shape index (κ2) is 5.67. The molecule has 16 heavy (non-hydrogen) atoms. The summed E-state index contributed by atoms with van der Waals surface area (Å²) in [4.78, 5) is 22.2. The van der Waals surface area contributed by atoms with Crippen molar-refractivity contribution >= 4 is 11.8 Å². The van der Waals surface area contributed by atoms with Crippen LogP contribution in [0.2, 0.25) is 0 Å². The number of halogens is 3. The van der Waals surface area contributed by atoms with Crippen LogP contribution in [0.4, 0.5) is 13.2 Å². The topological polar surface area (TPSA) is 43.4 Å². The van der Waals surface area contributed by atoms with Gasteiger partial charge in [0.1, 0.15) is 5.92 Å². The largest absolute Gasteiger partial charge is 0.465 e. The second-order valence-electron chi connectivity index (χ2n) is 3.19. The molecular weight excluding hydrogens is 225 g/mol. The first-order valence-electron chi connectivity index (χ1n) is 4.65. The fourth-order valence-corrected chi connectivity index (χ4v) is 1.10. The van der Waals surface area contributed by atoms with Crippen molar-refractivity contribution in [2.75, 3.05) is 6.61 Å². The standard InChI is InChI=1S/C10H13F3O3/c1-4-6(3)7(9(15)16-5-2)8(14)10(11,12)13/h4,6-7H,1,5H2,2-3H3. The van der Waals surface area contributed by atoms with Crippen LogP contribution in [0.3, 0.4) is 0 Å².